The lowest BCUT2D eigenvalue weighted by atomic mass is 10.1. The Bertz CT molecular complexity index is 732. The Kier molecular flexibility index (Phi) is 3.74. The maximum atomic E-state index is 13.8. The van der Waals surface area contributed by atoms with E-state index in [1.165, 1.54) is 24.6 Å². The molecule has 1 aromatic heterocycles. The monoisotopic (exact) mass is 301 g/mol. The zero-order valence-electron chi connectivity index (χ0n) is 12.8. The van der Waals surface area contributed by atoms with Gasteiger partial charge in [0, 0.05) is 25.0 Å². The molecule has 1 aromatic carbocycles. The highest BCUT2D eigenvalue weighted by molar-refractivity contribution is 6.05. The third kappa shape index (κ3) is 2.64. The Hall–Kier alpha value is -2.14. The molecule has 3 N–H and O–H groups in total. The maximum Gasteiger partial charge on any atom is 0.257 e. The number of benzene rings is 1. The predicted molar refractivity (Wildman–Crippen MR) is 84.4 cm³/mol. The largest absolute Gasteiger partial charge is 0.351 e. The summed E-state index contributed by atoms with van der Waals surface area (Å²) in [5.41, 5.74) is 9.18. The van der Waals surface area contributed by atoms with Gasteiger partial charge in [0.05, 0.1) is 11.3 Å². The van der Waals surface area contributed by atoms with Crippen molar-refractivity contribution >= 4 is 11.6 Å². The highest BCUT2D eigenvalue weighted by Gasteiger charge is 2.29. The maximum absolute atomic E-state index is 13.8. The number of rotatable bonds is 4. The summed E-state index contributed by atoms with van der Waals surface area (Å²) in [6.07, 6.45) is 2.34. The van der Waals surface area contributed by atoms with E-state index in [2.05, 4.69) is 9.88 Å². The second-order valence-corrected chi connectivity index (χ2v) is 5.87. The number of nitrogens with one attached hydrogen (secondary N) is 1. The van der Waals surface area contributed by atoms with Crippen LogP contribution in [0.15, 0.2) is 24.3 Å². The van der Waals surface area contributed by atoms with Crippen molar-refractivity contribution in [2.45, 2.75) is 32.2 Å². The number of nitrogens with two attached hydrogens (primary N) is 1. The molecule has 2 aromatic rings. The summed E-state index contributed by atoms with van der Waals surface area (Å²) in [5, 5.41) is 2.66. The summed E-state index contributed by atoms with van der Waals surface area (Å²) in [6.45, 7) is 2.22. The van der Waals surface area contributed by atoms with E-state index in [0.29, 0.717) is 18.0 Å². The summed E-state index contributed by atoms with van der Waals surface area (Å²) in [7, 11) is 1.97. The van der Waals surface area contributed by atoms with E-state index >= 15 is 0 Å². The Morgan fingerprint density at radius 1 is 1.41 bits per heavy atom. The van der Waals surface area contributed by atoms with Crippen LogP contribution in [0.4, 0.5) is 10.1 Å². The van der Waals surface area contributed by atoms with Gasteiger partial charge in [-0.1, -0.05) is 6.07 Å². The van der Waals surface area contributed by atoms with E-state index < -0.39 is 5.82 Å². The molecular weight excluding hydrogens is 281 g/mol. The Morgan fingerprint density at radius 2 is 2.14 bits per heavy atom. The molecule has 5 heteroatoms. The van der Waals surface area contributed by atoms with E-state index in [4.69, 9.17) is 5.73 Å². The van der Waals surface area contributed by atoms with Crippen LogP contribution in [0.3, 0.4) is 0 Å². The number of aromatic nitrogens is 1. The highest BCUT2D eigenvalue weighted by Crippen LogP contribution is 2.41. The lowest BCUT2D eigenvalue weighted by Crippen LogP contribution is -2.14. The fraction of sp³-hybridized carbons (Fsp3) is 0.353. The zero-order chi connectivity index (χ0) is 15.9. The van der Waals surface area contributed by atoms with E-state index in [1.807, 2.05) is 20.0 Å². The topological polar surface area (TPSA) is 60.1 Å². The first kappa shape index (κ1) is 14.8. The van der Waals surface area contributed by atoms with Gasteiger partial charge in [0.25, 0.3) is 5.91 Å². The average molecular weight is 301 g/mol. The van der Waals surface area contributed by atoms with Crippen LogP contribution in [0.1, 0.15) is 46.1 Å². The molecule has 1 fully saturated rings. The number of anilines is 1. The van der Waals surface area contributed by atoms with Crippen LogP contribution in [0.25, 0.3) is 0 Å². The Balaban J connectivity index is 1.87. The van der Waals surface area contributed by atoms with Gasteiger partial charge in [0.1, 0.15) is 5.82 Å². The Morgan fingerprint density at radius 3 is 2.77 bits per heavy atom. The minimum Gasteiger partial charge on any atom is -0.351 e. The fourth-order valence-corrected chi connectivity index (χ4v) is 2.71. The number of nitrogens with zero attached hydrogens (tertiary/aromatic N) is 1. The van der Waals surface area contributed by atoms with Crippen molar-refractivity contribution in [3.63, 3.8) is 0 Å². The van der Waals surface area contributed by atoms with Crippen molar-refractivity contribution in [3.05, 3.63) is 52.6 Å². The van der Waals surface area contributed by atoms with Crippen LogP contribution in [0.2, 0.25) is 0 Å². The summed E-state index contributed by atoms with van der Waals surface area (Å²) in [6, 6.07) is 6.44. The first-order valence-electron chi connectivity index (χ1n) is 7.47. The molecule has 3 rings (SSSR count). The number of hydrogen-bond acceptors (Lipinski definition) is 2. The number of hydrogen-bond donors (Lipinski definition) is 2. The van der Waals surface area contributed by atoms with Crippen molar-refractivity contribution in [2.24, 2.45) is 12.8 Å². The molecule has 22 heavy (non-hydrogen) atoms. The molecule has 116 valence electrons. The van der Waals surface area contributed by atoms with Crippen molar-refractivity contribution in [1.82, 2.24) is 4.57 Å². The van der Waals surface area contributed by atoms with Gasteiger partial charge in [0.15, 0.2) is 0 Å². The molecule has 1 amide bonds. The van der Waals surface area contributed by atoms with Gasteiger partial charge in [-0.05, 0) is 49.4 Å². The summed E-state index contributed by atoms with van der Waals surface area (Å²) < 4.78 is 15.9. The molecule has 1 aliphatic rings. The fourth-order valence-electron chi connectivity index (χ4n) is 2.71. The van der Waals surface area contributed by atoms with Crippen LogP contribution in [0.5, 0.6) is 0 Å². The third-order valence-corrected chi connectivity index (χ3v) is 4.33. The summed E-state index contributed by atoms with van der Waals surface area (Å²) >= 11 is 0. The minimum absolute atomic E-state index is 0.171. The van der Waals surface area contributed by atoms with E-state index in [0.717, 1.165) is 11.3 Å². The van der Waals surface area contributed by atoms with Crippen molar-refractivity contribution < 1.29 is 9.18 Å². The van der Waals surface area contributed by atoms with Crippen LogP contribution in [0, 0.1) is 12.7 Å². The zero-order valence-corrected chi connectivity index (χ0v) is 12.8. The van der Waals surface area contributed by atoms with E-state index in [9.17, 15) is 9.18 Å². The first-order valence-corrected chi connectivity index (χ1v) is 7.47. The summed E-state index contributed by atoms with van der Waals surface area (Å²) in [5.74, 6) is -0.183. The highest BCUT2D eigenvalue weighted by atomic mass is 19.1. The lowest BCUT2D eigenvalue weighted by Gasteiger charge is -2.08. The first-order chi connectivity index (χ1) is 10.5. The molecule has 4 nitrogen and oxygen atoms in total. The normalized spacial score (nSPS) is 14.2. The lowest BCUT2D eigenvalue weighted by molar-refractivity contribution is 0.102. The number of halogens is 1. The van der Waals surface area contributed by atoms with Crippen molar-refractivity contribution in [2.75, 3.05) is 5.32 Å². The molecule has 1 aliphatic carbocycles. The van der Waals surface area contributed by atoms with Crippen molar-refractivity contribution in [3.8, 4) is 0 Å². The van der Waals surface area contributed by atoms with E-state index in [-0.39, 0.29) is 11.6 Å². The van der Waals surface area contributed by atoms with Gasteiger partial charge in [-0.3, -0.25) is 4.79 Å². The van der Waals surface area contributed by atoms with Crippen LogP contribution in [-0.2, 0) is 13.6 Å². The van der Waals surface area contributed by atoms with Crippen LogP contribution >= 0.6 is 0 Å². The number of carbonyl (C=O) groups is 1. The molecular formula is C17H20FN3O. The molecule has 0 atom stereocenters. The minimum atomic E-state index is -0.457. The van der Waals surface area contributed by atoms with Gasteiger partial charge < -0.3 is 15.6 Å². The quantitative estimate of drug-likeness (QED) is 0.911. The Labute approximate surface area is 129 Å². The number of carbonyl (C=O) groups excluding carboxylic acids is 1. The molecule has 0 radical (unpaired) electrons. The predicted octanol–water partition coefficient (Wildman–Crippen LogP) is 3.06. The second-order valence-electron chi connectivity index (χ2n) is 5.87. The molecule has 0 bridgehead atoms. The number of amides is 1. The van der Waals surface area contributed by atoms with Crippen LogP contribution < -0.4 is 11.1 Å². The van der Waals surface area contributed by atoms with Gasteiger partial charge in [0.2, 0.25) is 0 Å². The van der Waals surface area contributed by atoms with Crippen LogP contribution in [-0.4, -0.2) is 10.5 Å². The standard InChI is InChI=1S/C17H20FN3O/c1-10-13(8-16(21(10)2)12-4-5-12)17(22)20-15-7-11(9-19)3-6-14(15)18/h3,6-8,12H,4-5,9,19H2,1-2H3,(H,20,22). The average Bonchev–Trinajstić information content (AvgIpc) is 3.29. The molecule has 0 aliphatic heterocycles. The smallest absolute Gasteiger partial charge is 0.257 e. The SMILES string of the molecule is Cc1c(C(=O)Nc2cc(CN)ccc2F)cc(C2CC2)n1C. The van der Waals surface area contributed by atoms with Gasteiger partial charge in [-0.15, -0.1) is 0 Å². The second kappa shape index (κ2) is 5.57. The summed E-state index contributed by atoms with van der Waals surface area (Å²) in [4.78, 5) is 12.5. The molecule has 1 heterocycles. The third-order valence-electron chi connectivity index (χ3n) is 4.33. The van der Waals surface area contributed by atoms with Crippen molar-refractivity contribution in [1.29, 1.82) is 0 Å². The van der Waals surface area contributed by atoms with E-state index in [1.54, 1.807) is 12.1 Å². The van der Waals surface area contributed by atoms with Gasteiger partial charge in [-0.25, -0.2) is 4.39 Å². The molecule has 0 spiro atoms. The van der Waals surface area contributed by atoms with Gasteiger partial charge in [-0.2, -0.15) is 0 Å². The molecule has 1 saturated carbocycles. The van der Waals surface area contributed by atoms with Gasteiger partial charge >= 0.3 is 0 Å². The molecule has 0 unspecified atom stereocenters. The molecule has 0 saturated heterocycles.